The van der Waals surface area contributed by atoms with Crippen molar-refractivity contribution in [1.29, 1.82) is 0 Å². The Bertz CT molecular complexity index is 545. The van der Waals surface area contributed by atoms with E-state index >= 15 is 0 Å². The molecule has 2 aliphatic heterocycles. The minimum atomic E-state index is 0.0194. The Morgan fingerprint density at radius 3 is 2.44 bits per heavy atom. The molecule has 6 nitrogen and oxygen atoms in total. The Balaban J connectivity index is 1.38. The molecule has 6 heteroatoms. The fraction of sp³-hybridized carbons (Fsp3) is 0.810. The summed E-state index contributed by atoms with van der Waals surface area (Å²) in [6.45, 7) is 7.45. The third-order valence-electron chi connectivity index (χ3n) is 5.97. The van der Waals surface area contributed by atoms with Crippen LogP contribution >= 0.6 is 0 Å². The van der Waals surface area contributed by atoms with E-state index in [9.17, 15) is 9.59 Å². The van der Waals surface area contributed by atoms with Gasteiger partial charge in [0, 0.05) is 38.6 Å². The first-order valence-electron chi connectivity index (χ1n) is 10.7. The largest absolute Gasteiger partial charge is 0.372 e. The monoisotopic (exact) mass is 377 g/mol. The van der Waals surface area contributed by atoms with Gasteiger partial charge in [-0.15, -0.1) is 0 Å². The van der Waals surface area contributed by atoms with Gasteiger partial charge in [-0.25, -0.2) is 4.79 Å². The minimum Gasteiger partial charge on any atom is -0.372 e. The number of nitrogens with one attached hydrogen (secondary N) is 1. The summed E-state index contributed by atoms with van der Waals surface area (Å²) in [6, 6.07) is 0.0194. The average molecular weight is 378 g/mol. The van der Waals surface area contributed by atoms with Crippen LogP contribution in [0.4, 0.5) is 4.79 Å². The fourth-order valence-corrected chi connectivity index (χ4v) is 4.52. The van der Waals surface area contributed by atoms with Crippen LogP contribution in [0.5, 0.6) is 0 Å². The SMILES string of the molecule is C[C@@H]1CN(C(=O)C2CCN(C(=O)NCCC3=CCCCC3)CC2)C[C@@H](C)O1. The zero-order valence-electron chi connectivity index (χ0n) is 16.9. The van der Waals surface area contributed by atoms with Crippen LogP contribution in [0.3, 0.4) is 0 Å². The molecule has 3 rings (SSSR count). The van der Waals surface area contributed by atoms with Crippen LogP contribution in [0.2, 0.25) is 0 Å². The maximum atomic E-state index is 12.8. The number of amides is 3. The molecule has 0 aromatic carbocycles. The Hall–Kier alpha value is -1.56. The Morgan fingerprint density at radius 1 is 1.11 bits per heavy atom. The normalized spacial score (nSPS) is 27.3. The summed E-state index contributed by atoms with van der Waals surface area (Å²) in [5, 5.41) is 3.05. The van der Waals surface area contributed by atoms with Gasteiger partial charge in [0.05, 0.1) is 12.2 Å². The fourth-order valence-electron chi connectivity index (χ4n) is 4.52. The lowest BCUT2D eigenvalue weighted by Gasteiger charge is -2.39. The molecule has 0 radical (unpaired) electrons. The maximum absolute atomic E-state index is 12.8. The Kier molecular flexibility index (Phi) is 7.16. The van der Waals surface area contributed by atoms with Crippen molar-refractivity contribution in [2.75, 3.05) is 32.7 Å². The molecule has 1 N–H and O–H groups in total. The average Bonchev–Trinajstić information content (AvgIpc) is 2.67. The molecule has 27 heavy (non-hydrogen) atoms. The number of ether oxygens (including phenoxy) is 1. The second-order valence-electron chi connectivity index (χ2n) is 8.35. The predicted octanol–water partition coefficient (Wildman–Crippen LogP) is 2.93. The highest BCUT2D eigenvalue weighted by molar-refractivity contribution is 5.80. The maximum Gasteiger partial charge on any atom is 0.317 e. The van der Waals surface area contributed by atoms with Gasteiger partial charge in [0.2, 0.25) is 5.91 Å². The first kappa shape index (κ1) is 20.2. The lowest BCUT2D eigenvalue weighted by atomic mass is 9.95. The first-order chi connectivity index (χ1) is 13.0. The second-order valence-corrected chi connectivity index (χ2v) is 8.35. The minimum absolute atomic E-state index is 0.0194. The molecular weight excluding hydrogens is 342 g/mol. The van der Waals surface area contributed by atoms with Gasteiger partial charge in [0.15, 0.2) is 0 Å². The number of hydrogen-bond donors (Lipinski definition) is 1. The van der Waals surface area contributed by atoms with Gasteiger partial charge in [-0.05, 0) is 58.8 Å². The quantitative estimate of drug-likeness (QED) is 0.766. The van der Waals surface area contributed by atoms with E-state index in [1.54, 1.807) is 0 Å². The highest BCUT2D eigenvalue weighted by Crippen LogP contribution is 2.23. The summed E-state index contributed by atoms with van der Waals surface area (Å²) in [4.78, 5) is 29.0. The summed E-state index contributed by atoms with van der Waals surface area (Å²) in [7, 11) is 0. The van der Waals surface area contributed by atoms with E-state index in [1.807, 2.05) is 23.6 Å². The molecule has 0 spiro atoms. The van der Waals surface area contributed by atoms with Crippen molar-refractivity contribution in [3.8, 4) is 0 Å². The second kappa shape index (κ2) is 9.58. The van der Waals surface area contributed by atoms with Crippen LogP contribution in [0.25, 0.3) is 0 Å². The predicted molar refractivity (Wildman–Crippen MR) is 105 cm³/mol. The van der Waals surface area contributed by atoms with Crippen molar-refractivity contribution in [3.63, 3.8) is 0 Å². The Morgan fingerprint density at radius 2 is 1.81 bits per heavy atom. The van der Waals surface area contributed by atoms with Crippen LogP contribution < -0.4 is 5.32 Å². The number of morpholine rings is 1. The molecule has 0 bridgehead atoms. The van der Waals surface area contributed by atoms with Crippen LogP contribution in [0.1, 0.15) is 58.8 Å². The molecule has 2 saturated heterocycles. The van der Waals surface area contributed by atoms with Crippen LogP contribution in [0.15, 0.2) is 11.6 Å². The van der Waals surface area contributed by atoms with Crippen LogP contribution in [0, 0.1) is 5.92 Å². The number of rotatable bonds is 4. The standard InChI is InChI=1S/C21H35N3O3/c1-16-14-24(15-17(2)27-16)20(25)19-9-12-23(13-10-19)21(26)22-11-8-18-6-4-3-5-7-18/h6,16-17,19H,3-5,7-15H2,1-2H3,(H,22,26)/t16-,17-/m1/s1. The van der Waals surface area contributed by atoms with Gasteiger partial charge in [0.25, 0.3) is 0 Å². The molecule has 0 aromatic heterocycles. The topological polar surface area (TPSA) is 61.9 Å². The number of piperidine rings is 1. The third kappa shape index (κ3) is 5.71. The van der Waals surface area contributed by atoms with Gasteiger partial charge < -0.3 is 19.9 Å². The molecule has 0 saturated carbocycles. The van der Waals surface area contributed by atoms with Gasteiger partial charge in [-0.3, -0.25) is 4.79 Å². The van der Waals surface area contributed by atoms with Crippen LogP contribution in [-0.4, -0.2) is 66.7 Å². The van der Waals surface area contributed by atoms with E-state index in [1.165, 1.54) is 31.3 Å². The summed E-state index contributed by atoms with van der Waals surface area (Å²) < 4.78 is 5.72. The Labute approximate surface area is 163 Å². The molecule has 152 valence electrons. The third-order valence-corrected chi connectivity index (χ3v) is 5.97. The summed E-state index contributed by atoms with van der Waals surface area (Å²) >= 11 is 0. The van der Waals surface area contributed by atoms with E-state index in [0.717, 1.165) is 19.3 Å². The number of urea groups is 1. The van der Waals surface area contributed by atoms with Crippen molar-refractivity contribution < 1.29 is 14.3 Å². The lowest BCUT2D eigenvalue weighted by molar-refractivity contribution is -0.148. The number of nitrogens with zero attached hydrogens (tertiary/aromatic N) is 2. The number of allylic oxidation sites excluding steroid dienone is 1. The van der Waals surface area contributed by atoms with Crippen molar-refractivity contribution in [3.05, 3.63) is 11.6 Å². The van der Waals surface area contributed by atoms with Gasteiger partial charge in [-0.1, -0.05) is 11.6 Å². The van der Waals surface area contributed by atoms with Gasteiger partial charge >= 0.3 is 6.03 Å². The van der Waals surface area contributed by atoms with E-state index in [2.05, 4.69) is 11.4 Å². The molecule has 2 atom stereocenters. The number of carbonyl (C=O) groups excluding carboxylic acids is 2. The number of hydrogen-bond acceptors (Lipinski definition) is 3. The van der Waals surface area contributed by atoms with Gasteiger partial charge in [0.1, 0.15) is 0 Å². The van der Waals surface area contributed by atoms with Crippen LogP contribution in [-0.2, 0) is 9.53 Å². The zero-order chi connectivity index (χ0) is 19.2. The van der Waals surface area contributed by atoms with Crippen molar-refractivity contribution in [2.45, 2.75) is 71.0 Å². The van der Waals surface area contributed by atoms with E-state index in [-0.39, 0.29) is 30.1 Å². The molecular formula is C21H35N3O3. The molecule has 0 unspecified atom stereocenters. The van der Waals surface area contributed by atoms with Gasteiger partial charge in [-0.2, -0.15) is 0 Å². The summed E-state index contributed by atoms with van der Waals surface area (Å²) in [5.41, 5.74) is 1.49. The first-order valence-corrected chi connectivity index (χ1v) is 10.7. The van der Waals surface area contributed by atoms with E-state index in [0.29, 0.717) is 32.7 Å². The highest BCUT2D eigenvalue weighted by Gasteiger charge is 2.33. The smallest absolute Gasteiger partial charge is 0.317 e. The summed E-state index contributed by atoms with van der Waals surface area (Å²) in [5.74, 6) is 0.278. The number of likely N-dealkylation sites (tertiary alicyclic amines) is 1. The van der Waals surface area contributed by atoms with E-state index < -0.39 is 0 Å². The lowest BCUT2D eigenvalue weighted by Crippen LogP contribution is -2.52. The molecule has 1 aliphatic carbocycles. The molecule has 2 fully saturated rings. The number of carbonyl (C=O) groups is 2. The van der Waals surface area contributed by atoms with E-state index in [4.69, 9.17) is 4.74 Å². The zero-order valence-corrected chi connectivity index (χ0v) is 16.9. The van der Waals surface area contributed by atoms with Crippen molar-refractivity contribution in [1.82, 2.24) is 15.1 Å². The molecule has 3 aliphatic rings. The molecule has 2 heterocycles. The van der Waals surface area contributed by atoms with Crippen molar-refractivity contribution in [2.24, 2.45) is 5.92 Å². The molecule has 3 amide bonds. The highest BCUT2D eigenvalue weighted by atomic mass is 16.5. The van der Waals surface area contributed by atoms with Crippen molar-refractivity contribution >= 4 is 11.9 Å². The molecule has 0 aromatic rings. The summed E-state index contributed by atoms with van der Waals surface area (Å²) in [6.07, 6.45) is 9.97.